The summed E-state index contributed by atoms with van der Waals surface area (Å²) in [6, 6.07) is 0. The number of tetrazole rings is 1. The van der Waals surface area contributed by atoms with E-state index in [4.69, 9.17) is 5.73 Å². The molecule has 0 bridgehead atoms. The van der Waals surface area contributed by atoms with Gasteiger partial charge < -0.3 is 5.73 Å². The maximum atomic E-state index is 11.9. The molecule has 0 radical (unpaired) electrons. The van der Waals surface area contributed by atoms with E-state index in [-0.39, 0.29) is 12.2 Å². The van der Waals surface area contributed by atoms with Gasteiger partial charge in [0.25, 0.3) is 0 Å². The molecule has 1 heterocycles. The lowest BCUT2D eigenvalue weighted by molar-refractivity contribution is -0.127. The maximum absolute atomic E-state index is 11.9. The number of Topliss-reactive ketones (excluding diaryl/α,β-unsaturated/α-hetero) is 1. The molecule has 6 nitrogen and oxygen atoms in total. The average Bonchev–Trinajstić information content (AvgIpc) is 2.62. The van der Waals surface area contributed by atoms with Crippen LogP contribution in [0.2, 0.25) is 0 Å². The molecule has 6 heteroatoms. The molecule has 0 amide bonds. The number of nitrogens with two attached hydrogens (primary N) is 1. The van der Waals surface area contributed by atoms with Crippen LogP contribution in [0.3, 0.4) is 0 Å². The number of aryl methyl sites for hydroxylation is 1. The molecule has 0 aromatic carbocycles. The molecular formula is C9H17N5O. The summed E-state index contributed by atoms with van der Waals surface area (Å²) in [6.07, 6.45) is 0.929. The van der Waals surface area contributed by atoms with Crippen LogP contribution in [0.15, 0.2) is 0 Å². The van der Waals surface area contributed by atoms with Gasteiger partial charge in [0.05, 0.1) is 13.5 Å². The summed E-state index contributed by atoms with van der Waals surface area (Å²) < 4.78 is 0. The van der Waals surface area contributed by atoms with E-state index in [1.165, 1.54) is 4.80 Å². The Hall–Kier alpha value is -1.30. The van der Waals surface area contributed by atoms with Gasteiger partial charge in [0.2, 0.25) is 0 Å². The fraction of sp³-hybridized carbons (Fsp3) is 0.778. The highest BCUT2D eigenvalue weighted by atomic mass is 16.1. The SMILES string of the molecule is CCC(C)(CN)C(=O)Cc1nnn(C)n1. The van der Waals surface area contributed by atoms with Crippen molar-refractivity contribution >= 4 is 5.78 Å². The summed E-state index contributed by atoms with van der Waals surface area (Å²) in [5.74, 6) is 0.524. The lowest BCUT2D eigenvalue weighted by Gasteiger charge is -2.23. The molecule has 0 saturated carbocycles. The van der Waals surface area contributed by atoms with Gasteiger partial charge >= 0.3 is 0 Å². The Bertz CT molecular complexity index is 342. The van der Waals surface area contributed by atoms with Crippen LogP contribution in [0, 0.1) is 5.41 Å². The minimum Gasteiger partial charge on any atom is -0.329 e. The van der Waals surface area contributed by atoms with E-state index in [0.717, 1.165) is 6.42 Å². The molecule has 84 valence electrons. The average molecular weight is 211 g/mol. The van der Waals surface area contributed by atoms with Crippen molar-refractivity contribution in [2.75, 3.05) is 6.54 Å². The van der Waals surface area contributed by atoms with E-state index in [9.17, 15) is 4.79 Å². The zero-order valence-corrected chi connectivity index (χ0v) is 9.40. The minimum atomic E-state index is -0.473. The summed E-state index contributed by atoms with van der Waals surface area (Å²) in [5.41, 5.74) is 5.12. The number of nitrogens with zero attached hydrogens (tertiary/aromatic N) is 4. The van der Waals surface area contributed by atoms with Gasteiger partial charge in [0.1, 0.15) is 5.78 Å². The third-order valence-electron chi connectivity index (χ3n) is 2.77. The van der Waals surface area contributed by atoms with Gasteiger partial charge in [-0.25, -0.2) is 0 Å². The van der Waals surface area contributed by atoms with Crippen LogP contribution in [-0.4, -0.2) is 32.5 Å². The fourth-order valence-electron chi connectivity index (χ4n) is 1.21. The van der Waals surface area contributed by atoms with Crippen LogP contribution < -0.4 is 5.73 Å². The lowest BCUT2D eigenvalue weighted by Crippen LogP contribution is -2.36. The van der Waals surface area contributed by atoms with E-state index >= 15 is 0 Å². The molecule has 0 spiro atoms. The Morgan fingerprint density at radius 3 is 2.67 bits per heavy atom. The van der Waals surface area contributed by atoms with Gasteiger partial charge in [-0.2, -0.15) is 4.80 Å². The molecule has 15 heavy (non-hydrogen) atoms. The Morgan fingerprint density at radius 2 is 2.27 bits per heavy atom. The summed E-state index contributed by atoms with van der Waals surface area (Å²) >= 11 is 0. The monoisotopic (exact) mass is 211 g/mol. The molecule has 0 fully saturated rings. The first-order chi connectivity index (χ1) is 7.01. The molecule has 1 rings (SSSR count). The number of hydrogen-bond acceptors (Lipinski definition) is 5. The van der Waals surface area contributed by atoms with Crippen molar-refractivity contribution in [2.45, 2.75) is 26.7 Å². The first-order valence-corrected chi connectivity index (χ1v) is 4.98. The van der Waals surface area contributed by atoms with Crippen molar-refractivity contribution in [1.29, 1.82) is 0 Å². The van der Waals surface area contributed by atoms with E-state index in [2.05, 4.69) is 15.4 Å². The Morgan fingerprint density at radius 1 is 1.60 bits per heavy atom. The normalized spacial score (nSPS) is 14.9. The molecule has 0 aliphatic carbocycles. The first kappa shape index (κ1) is 11.8. The van der Waals surface area contributed by atoms with E-state index < -0.39 is 5.41 Å². The van der Waals surface area contributed by atoms with Crippen LogP contribution in [0.1, 0.15) is 26.1 Å². The van der Waals surface area contributed by atoms with Crippen LogP contribution in [0.4, 0.5) is 0 Å². The van der Waals surface area contributed by atoms with Gasteiger partial charge in [0.15, 0.2) is 5.82 Å². The number of hydrogen-bond donors (Lipinski definition) is 1. The second-order valence-electron chi connectivity index (χ2n) is 3.91. The third-order valence-corrected chi connectivity index (χ3v) is 2.77. The highest BCUT2D eigenvalue weighted by Gasteiger charge is 2.30. The summed E-state index contributed by atoms with van der Waals surface area (Å²) in [5, 5.41) is 11.4. The standard InChI is InChI=1S/C9H17N5O/c1-4-9(2,6-10)7(15)5-8-11-13-14(3)12-8/h4-6,10H2,1-3H3. The van der Waals surface area contributed by atoms with Crippen molar-refractivity contribution in [2.24, 2.45) is 18.2 Å². The fourth-order valence-corrected chi connectivity index (χ4v) is 1.21. The number of ketones is 1. The Balaban J connectivity index is 2.70. The highest BCUT2D eigenvalue weighted by Crippen LogP contribution is 2.21. The van der Waals surface area contributed by atoms with Crippen molar-refractivity contribution in [1.82, 2.24) is 20.2 Å². The number of carbonyl (C=O) groups is 1. The predicted molar refractivity (Wildman–Crippen MR) is 55.0 cm³/mol. The molecule has 0 aliphatic heterocycles. The highest BCUT2D eigenvalue weighted by molar-refractivity contribution is 5.86. The molecule has 1 atom stereocenters. The topological polar surface area (TPSA) is 86.7 Å². The second-order valence-corrected chi connectivity index (χ2v) is 3.91. The predicted octanol–water partition coefficient (Wildman–Crippen LogP) is -0.303. The Labute approximate surface area is 88.8 Å². The van der Waals surface area contributed by atoms with Gasteiger partial charge in [-0.05, 0) is 11.6 Å². The first-order valence-electron chi connectivity index (χ1n) is 4.98. The quantitative estimate of drug-likeness (QED) is 0.722. The lowest BCUT2D eigenvalue weighted by atomic mass is 9.81. The molecule has 0 aliphatic rings. The van der Waals surface area contributed by atoms with Crippen LogP contribution >= 0.6 is 0 Å². The van der Waals surface area contributed by atoms with E-state index in [1.54, 1.807) is 7.05 Å². The van der Waals surface area contributed by atoms with Crippen LogP contribution in [0.25, 0.3) is 0 Å². The molecular weight excluding hydrogens is 194 g/mol. The second kappa shape index (κ2) is 4.48. The van der Waals surface area contributed by atoms with Gasteiger partial charge in [-0.15, -0.1) is 10.2 Å². The molecule has 1 aromatic heterocycles. The zero-order valence-electron chi connectivity index (χ0n) is 9.40. The number of aromatic nitrogens is 4. The largest absolute Gasteiger partial charge is 0.329 e. The van der Waals surface area contributed by atoms with Crippen molar-refractivity contribution in [3.05, 3.63) is 5.82 Å². The molecule has 1 unspecified atom stereocenters. The minimum absolute atomic E-state index is 0.0699. The van der Waals surface area contributed by atoms with Crippen LogP contribution in [-0.2, 0) is 18.3 Å². The summed E-state index contributed by atoms with van der Waals surface area (Å²) in [7, 11) is 1.67. The van der Waals surface area contributed by atoms with Crippen molar-refractivity contribution in [3.8, 4) is 0 Å². The van der Waals surface area contributed by atoms with E-state index in [0.29, 0.717) is 12.4 Å². The van der Waals surface area contributed by atoms with Crippen LogP contribution in [0.5, 0.6) is 0 Å². The smallest absolute Gasteiger partial charge is 0.182 e. The van der Waals surface area contributed by atoms with Crippen molar-refractivity contribution < 1.29 is 4.79 Å². The van der Waals surface area contributed by atoms with Crippen molar-refractivity contribution in [3.63, 3.8) is 0 Å². The number of carbonyl (C=O) groups excluding carboxylic acids is 1. The summed E-state index contributed by atoms with van der Waals surface area (Å²) in [4.78, 5) is 13.3. The van der Waals surface area contributed by atoms with Gasteiger partial charge in [-0.1, -0.05) is 13.8 Å². The van der Waals surface area contributed by atoms with Gasteiger partial charge in [0, 0.05) is 12.0 Å². The Kier molecular flexibility index (Phi) is 3.52. The number of rotatable bonds is 5. The molecule has 2 N–H and O–H groups in total. The molecule has 0 saturated heterocycles. The molecule has 1 aromatic rings. The zero-order chi connectivity index (χ0) is 11.5. The van der Waals surface area contributed by atoms with E-state index in [1.807, 2.05) is 13.8 Å². The third kappa shape index (κ3) is 2.59. The maximum Gasteiger partial charge on any atom is 0.182 e. The summed E-state index contributed by atoms with van der Waals surface area (Å²) in [6.45, 7) is 4.17. The van der Waals surface area contributed by atoms with Gasteiger partial charge in [-0.3, -0.25) is 4.79 Å².